The first-order valence-corrected chi connectivity index (χ1v) is 9.92. The molecule has 0 radical (unpaired) electrons. The van der Waals surface area contributed by atoms with Gasteiger partial charge in [-0.2, -0.15) is 0 Å². The van der Waals surface area contributed by atoms with E-state index in [1.165, 1.54) is 0 Å². The Morgan fingerprint density at radius 2 is 1.80 bits per heavy atom. The number of nitrogens with zero attached hydrogens (tertiary/aromatic N) is 3. The lowest BCUT2D eigenvalue weighted by Crippen LogP contribution is -2.34. The summed E-state index contributed by atoms with van der Waals surface area (Å²) in [6.07, 6.45) is 4.03. The number of nitrogens with one attached hydrogen (secondary N) is 1. The van der Waals surface area contributed by atoms with Crippen molar-refractivity contribution in [3.05, 3.63) is 95.6 Å². The summed E-state index contributed by atoms with van der Waals surface area (Å²) in [7, 11) is 1.63. The Balaban J connectivity index is 1.79. The van der Waals surface area contributed by atoms with Crippen LogP contribution in [0.15, 0.2) is 72.9 Å². The fourth-order valence-corrected chi connectivity index (χ4v) is 4.02. The fourth-order valence-electron chi connectivity index (χ4n) is 4.02. The minimum Gasteiger partial charge on any atom is -0.481 e. The van der Waals surface area contributed by atoms with Crippen molar-refractivity contribution in [2.75, 3.05) is 12.4 Å². The van der Waals surface area contributed by atoms with Crippen molar-refractivity contribution < 1.29 is 4.74 Å². The van der Waals surface area contributed by atoms with Crippen molar-refractivity contribution >= 4 is 22.2 Å². The molecule has 4 aromatic rings. The third-order valence-electron chi connectivity index (χ3n) is 5.51. The normalized spacial score (nSPS) is 17.8. The highest BCUT2D eigenvalue weighted by Gasteiger charge is 2.34. The number of pyridine rings is 3. The maximum Gasteiger partial charge on any atom is 0.213 e. The Morgan fingerprint density at radius 1 is 0.933 bits per heavy atom. The van der Waals surface area contributed by atoms with Crippen LogP contribution in [-0.2, 0) is 5.54 Å². The van der Waals surface area contributed by atoms with E-state index in [4.69, 9.17) is 14.7 Å². The Bertz CT molecular complexity index is 1300. The number of hydrogen-bond donors (Lipinski definition) is 1. The van der Waals surface area contributed by atoms with E-state index >= 15 is 0 Å². The van der Waals surface area contributed by atoms with Crippen LogP contribution >= 0.6 is 0 Å². The van der Waals surface area contributed by atoms with E-state index in [1.54, 1.807) is 7.11 Å². The van der Waals surface area contributed by atoms with Gasteiger partial charge in [-0.25, -0.2) is 4.98 Å². The molecule has 0 bridgehead atoms. The maximum absolute atomic E-state index is 5.38. The van der Waals surface area contributed by atoms with Gasteiger partial charge >= 0.3 is 0 Å². The Kier molecular flexibility index (Phi) is 4.24. The largest absolute Gasteiger partial charge is 0.481 e. The third kappa shape index (κ3) is 2.99. The van der Waals surface area contributed by atoms with Crippen molar-refractivity contribution in [1.29, 1.82) is 0 Å². The van der Waals surface area contributed by atoms with Gasteiger partial charge in [0.1, 0.15) is 0 Å². The Hall–Kier alpha value is -3.73. The number of anilines is 1. The first-order valence-electron chi connectivity index (χ1n) is 9.92. The number of fused-ring (bicyclic) bond motifs is 3. The molecule has 1 N–H and O–H groups in total. The van der Waals surface area contributed by atoms with E-state index in [9.17, 15) is 0 Å². The lowest BCUT2D eigenvalue weighted by Gasteiger charge is -2.35. The van der Waals surface area contributed by atoms with Crippen molar-refractivity contribution in [2.45, 2.75) is 19.4 Å². The quantitative estimate of drug-likeness (QED) is 0.523. The van der Waals surface area contributed by atoms with Gasteiger partial charge in [-0.05, 0) is 44.2 Å². The summed E-state index contributed by atoms with van der Waals surface area (Å²) >= 11 is 0. The molecule has 5 heteroatoms. The number of aromatic nitrogens is 3. The highest BCUT2D eigenvalue weighted by Crippen LogP contribution is 2.43. The van der Waals surface area contributed by atoms with Crippen LogP contribution in [0, 0.1) is 6.92 Å². The SMILES string of the molecule is COc1cccc(C2=CC(C)(c3cccc(C)n3)Nc3c2ccc2cccnc32)n1. The molecule has 1 unspecified atom stereocenters. The molecule has 0 saturated heterocycles. The zero-order valence-electron chi connectivity index (χ0n) is 17.2. The number of benzene rings is 1. The number of ether oxygens (including phenoxy) is 1. The second-order valence-corrected chi connectivity index (χ2v) is 7.68. The molecule has 148 valence electrons. The second-order valence-electron chi connectivity index (χ2n) is 7.68. The highest BCUT2D eigenvalue weighted by molar-refractivity contribution is 6.01. The van der Waals surface area contributed by atoms with Gasteiger partial charge in [-0.1, -0.05) is 30.3 Å². The van der Waals surface area contributed by atoms with Crippen LogP contribution in [0.5, 0.6) is 5.88 Å². The molecule has 1 aliphatic rings. The minimum absolute atomic E-state index is 0.523. The van der Waals surface area contributed by atoms with E-state index in [1.807, 2.05) is 49.5 Å². The van der Waals surface area contributed by atoms with Crippen molar-refractivity contribution in [3.8, 4) is 5.88 Å². The summed E-state index contributed by atoms with van der Waals surface area (Å²) in [4.78, 5) is 14.2. The molecule has 0 amide bonds. The van der Waals surface area contributed by atoms with E-state index in [0.717, 1.165) is 44.8 Å². The van der Waals surface area contributed by atoms with Crippen LogP contribution in [0.3, 0.4) is 0 Å². The third-order valence-corrected chi connectivity index (χ3v) is 5.51. The molecule has 4 heterocycles. The zero-order chi connectivity index (χ0) is 20.7. The predicted molar refractivity (Wildman–Crippen MR) is 120 cm³/mol. The van der Waals surface area contributed by atoms with E-state index in [2.05, 4.69) is 47.6 Å². The molecule has 0 spiro atoms. The van der Waals surface area contributed by atoms with Crippen molar-refractivity contribution in [2.24, 2.45) is 0 Å². The molecule has 3 aromatic heterocycles. The van der Waals surface area contributed by atoms with Crippen LogP contribution in [0.2, 0.25) is 0 Å². The van der Waals surface area contributed by atoms with Crippen LogP contribution in [-0.4, -0.2) is 22.1 Å². The Morgan fingerprint density at radius 3 is 2.63 bits per heavy atom. The minimum atomic E-state index is -0.523. The Labute approximate surface area is 175 Å². The van der Waals surface area contributed by atoms with Gasteiger partial charge in [0.2, 0.25) is 5.88 Å². The molecule has 0 aliphatic carbocycles. The van der Waals surface area contributed by atoms with Gasteiger partial charge in [0, 0.05) is 34.5 Å². The van der Waals surface area contributed by atoms with Crippen molar-refractivity contribution in [1.82, 2.24) is 15.0 Å². The van der Waals surface area contributed by atoms with Gasteiger partial charge in [0.05, 0.1) is 35.2 Å². The standard InChI is InChI=1S/C25H22N4O/c1-16-7-4-10-21(27-16)25(2)15-19(20-9-5-11-22(28-20)30-3)18-13-12-17-8-6-14-26-23(17)24(18)29-25/h4-15,29H,1-3H3. The fraction of sp³-hybridized carbons (Fsp3) is 0.160. The van der Waals surface area contributed by atoms with Gasteiger partial charge in [0.15, 0.2) is 0 Å². The molecule has 0 saturated carbocycles. The topological polar surface area (TPSA) is 59.9 Å². The van der Waals surface area contributed by atoms with Crippen LogP contribution in [0.4, 0.5) is 5.69 Å². The molecule has 1 aromatic carbocycles. The summed E-state index contributed by atoms with van der Waals surface area (Å²) in [5, 5.41) is 4.81. The van der Waals surface area contributed by atoms with Crippen LogP contribution in [0.1, 0.15) is 29.6 Å². The summed E-state index contributed by atoms with van der Waals surface area (Å²) in [6, 6.07) is 20.2. The molecule has 5 nitrogen and oxygen atoms in total. The average molecular weight is 394 g/mol. The van der Waals surface area contributed by atoms with Crippen LogP contribution in [0.25, 0.3) is 16.5 Å². The first kappa shape index (κ1) is 18.3. The van der Waals surface area contributed by atoms with Crippen molar-refractivity contribution in [3.63, 3.8) is 0 Å². The van der Waals surface area contributed by atoms with Gasteiger partial charge in [0.25, 0.3) is 0 Å². The van der Waals surface area contributed by atoms with Crippen LogP contribution < -0.4 is 10.1 Å². The van der Waals surface area contributed by atoms with E-state index in [-0.39, 0.29) is 0 Å². The predicted octanol–water partition coefficient (Wildman–Crippen LogP) is 5.11. The molecule has 1 aliphatic heterocycles. The number of aryl methyl sites for hydroxylation is 1. The summed E-state index contributed by atoms with van der Waals surface area (Å²) in [6.45, 7) is 4.15. The smallest absolute Gasteiger partial charge is 0.213 e. The molecule has 5 rings (SSSR count). The molecular weight excluding hydrogens is 372 g/mol. The number of hydrogen-bond acceptors (Lipinski definition) is 5. The highest BCUT2D eigenvalue weighted by atomic mass is 16.5. The van der Waals surface area contributed by atoms with Gasteiger partial charge in [-0.3, -0.25) is 9.97 Å². The summed E-state index contributed by atoms with van der Waals surface area (Å²) < 4.78 is 5.38. The lowest BCUT2D eigenvalue weighted by atomic mass is 9.84. The number of methoxy groups -OCH3 is 1. The molecule has 30 heavy (non-hydrogen) atoms. The number of rotatable bonds is 3. The van der Waals surface area contributed by atoms with Gasteiger partial charge < -0.3 is 10.1 Å². The monoisotopic (exact) mass is 394 g/mol. The lowest BCUT2D eigenvalue weighted by molar-refractivity contribution is 0.397. The zero-order valence-corrected chi connectivity index (χ0v) is 17.2. The molecular formula is C25H22N4O. The molecule has 0 fully saturated rings. The second kappa shape index (κ2) is 6.95. The molecule has 1 atom stereocenters. The van der Waals surface area contributed by atoms with Gasteiger partial charge in [-0.15, -0.1) is 0 Å². The maximum atomic E-state index is 5.38. The van der Waals surface area contributed by atoms with E-state index in [0.29, 0.717) is 5.88 Å². The average Bonchev–Trinajstić information content (AvgIpc) is 2.78. The summed E-state index contributed by atoms with van der Waals surface area (Å²) in [5.74, 6) is 0.586. The summed E-state index contributed by atoms with van der Waals surface area (Å²) in [5.41, 5.74) is 6.27. The first-order chi connectivity index (χ1) is 14.6. The van der Waals surface area contributed by atoms with E-state index < -0.39 is 5.54 Å².